The van der Waals surface area contributed by atoms with Crippen LogP contribution >= 0.6 is 0 Å². The molecule has 0 aliphatic carbocycles. The molecule has 0 radical (unpaired) electrons. The van der Waals surface area contributed by atoms with Gasteiger partial charge in [0.2, 0.25) is 5.91 Å². The summed E-state index contributed by atoms with van der Waals surface area (Å²) in [7, 11) is 0. The monoisotopic (exact) mass is 291 g/mol. The molecule has 1 unspecified atom stereocenters. The number of fused-ring (bicyclic) bond motifs is 1. The van der Waals surface area contributed by atoms with Gasteiger partial charge in [0.25, 0.3) is 17.4 Å². The molecule has 0 saturated heterocycles. The second-order valence-corrected chi connectivity index (χ2v) is 4.72. The Bertz CT molecular complexity index is 587. The molecular weight excluding hydrogens is 274 g/mol. The number of nitrogens with one attached hydrogen (secondary N) is 3. The molecule has 7 heteroatoms. The molecule has 7 nitrogen and oxygen atoms in total. The number of likely N-dealkylation sites (N-methyl/N-ethyl adjacent to an activating group) is 1. The van der Waals surface area contributed by atoms with Gasteiger partial charge in [-0.05, 0) is 26.0 Å². The van der Waals surface area contributed by atoms with Gasteiger partial charge in [0.15, 0.2) is 0 Å². The van der Waals surface area contributed by atoms with Crippen LogP contribution in [0.5, 0.6) is 5.75 Å². The lowest BCUT2D eigenvalue weighted by atomic mass is 10.0. The number of rotatable bonds is 4. The topological polar surface area (TPSA) is 96.5 Å². The smallest absolute Gasteiger partial charge is 0.278 e. The molecule has 0 fully saturated rings. The molecule has 21 heavy (non-hydrogen) atoms. The number of anilines is 1. The molecule has 0 spiro atoms. The highest BCUT2D eigenvalue weighted by Gasteiger charge is 2.47. The summed E-state index contributed by atoms with van der Waals surface area (Å²) >= 11 is 0. The van der Waals surface area contributed by atoms with Crippen LogP contribution in [0.2, 0.25) is 0 Å². The van der Waals surface area contributed by atoms with Crippen LogP contribution in [0.1, 0.15) is 13.8 Å². The molecule has 3 N–H and O–H groups in total. The molecule has 1 aliphatic rings. The molecule has 0 saturated carbocycles. The molecule has 1 aromatic carbocycles. The third kappa shape index (κ3) is 2.96. The molecule has 1 atom stereocenters. The molecule has 0 bridgehead atoms. The highest BCUT2D eigenvalue weighted by molar-refractivity contribution is 6.15. The van der Waals surface area contributed by atoms with Crippen molar-refractivity contribution in [2.24, 2.45) is 0 Å². The second kappa shape index (κ2) is 5.82. The average molecular weight is 291 g/mol. The Morgan fingerprint density at radius 2 is 2.00 bits per heavy atom. The minimum absolute atomic E-state index is 0.208. The van der Waals surface area contributed by atoms with E-state index in [1.54, 1.807) is 31.2 Å². The van der Waals surface area contributed by atoms with Crippen molar-refractivity contribution in [1.29, 1.82) is 0 Å². The van der Waals surface area contributed by atoms with Crippen molar-refractivity contribution in [3.05, 3.63) is 24.3 Å². The number of hydrogen-bond donors (Lipinski definition) is 3. The van der Waals surface area contributed by atoms with Gasteiger partial charge < -0.3 is 20.7 Å². The Morgan fingerprint density at radius 1 is 1.29 bits per heavy atom. The third-order valence-corrected chi connectivity index (χ3v) is 3.10. The molecular formula is C14H17N3O4. The number of benzene rings is 1. The molecule has 1 aromatic rings. The number of ether oxygens (including phenoxy) is 1. The van der Waals surface area contributed by atoms with Crippen molar-refractivity contribution in [1.82, 2.24) is 10.6 Å². The lowest BCUT2D eigenvalue weighted by molar-refractivity contribution is -0.147. The Morgan fingerprint density at radius 3 is 2.71 bits per heavy atom. The number of carbonyl (C=O) groups excluding carboxylic acids is 3. The molecule has 2 rings (SSSR count). The van der Waals surface area contributed by atoms with Gasteiger partial charge in [-0.15, -0.1) is 0 Å². The average Bonchev–Trinajstić information content (AvgIpc) is 2.46. The number of hydrogen-bond acceptors (Lipinski definition) is 4. The zero-order valence-corrected chi connectivity index (χ0v) is 11.9. The fourth-order valence-corrected chi connectivity index (χ4v) is 1.91. The minimum atomic E-state index is -1.71. The number of para-hydroxylation sites is 2. The van der Waals surface area contributed by atoms with Crippen LogP contribution in [0.3, 0.4) is 0 Å². The van der Waals surface area contributed by atoms with Crippen molar-refractivity contribution < 1.29 is 19.1 Å². The maximum absolute atomic E-state index is 12.2. The highest BCUT2D eigenvalue weighted by Crippen LogP contribution is 2.33. The Hall–Kier alpha value is -2.57. The summed E-state index contributed by atoms with van der Waals surface area (Å²) < 4.78 is 5.53. The van der Waals surface area contributed by atoms with Gasteiger partial charge in [-0.25, -0.2) is 0 Å². The highest BCUT2D eigenvalue weighted by atomic mass is 16.5. The lowest BCUT2D eigenvalue weighted by Crippen LogP contribution is -2.59. The van der Waals surface area contributed by atoms with Crippen molar-refractivity contribution in [2.75, 3.05) is 18.4 Å². The summed E-state index contributed by atoms with van der Waals surface area (Å²) in [6.07, 6.45) is 0. The Labute approximate surface area is 122 Å². The van der Waals surface area contributed by atoms with Gasteiger partial charge in [-0.1, -0.05) is 12.1 Å². The summed E-state index contributed by atoms with van der Waals surface area (Å²) in [6, 6.07) is 6.83. The van der Waals surface area contributed by atoms with E-state index in [9.17, 15) is 14.4 Å². The molecule has 1 heterocycles. The van der Waals surface area contributed by atoms with E-state index in [-0.39, 0.29) is 12.5 Å². The van der Waals surface area contributed by atoms with E-state index in [0.717, 1.165) is 0 Å². The fraction of sp³-hybridized carbons (Fsp3) is 0.357. The lowest BCUT2D eigenvalue weighted by Gasteiger charge is -2.33. The molecule has 112 valence electrons. The van der Waals surface area contributed by atoms with E-state index in [1.165, 1.54) is 6.92 Å². The number of carbonyl (C=O) groups is 3. The van der Waals surface area contributed by atoms with E-state index >= 15 is 0 Å². The van der Waals surface area contributed by atoms with Crippen molar-refractivity contribution >= 4 is 23.4 Å². The quantitative estimate of drug-likeness (QED) is 0.682. The summed E-state index contributed by atoms with van der Waals surface area (Å²) in [5.41, 5.74) is -1.20. The first kappa shape index (κ1) is 14.8. The van der Waals surface area contributed by atoms with Crippen molar-refractivity contribution in [3.63, 3.8) is 0 Å². The van der Waals surface area contributed by atoms with E-state index in [4.69, 9.17) is 4.74 Å². The minimum Gasteiger partial charge on any atom is -0.466 e. The van der Waals surface area contributed by atoms with Crippen LogP contribution in [-0.2, 0) is 14.4 Å². The van der Waals surface area contributed by atoms with E-state index in [1.807, 2.05) is 0 Å². The van der Waals surface area contributed by atoms with Gasteiger partial charge in [-0.3, -0.25) is 14.4 Å². The van der Waals surface area contributed by atoms with Crippen LogP contribution in [0.4, 0.5) is 5.69 Å². The predicted octanol–water partition coefficient (Wildman–Crippen LogP) is 0.0285. The van der Waals surface area contributed by atoms with Gasteiger partial charge in [0.1, 0.15) is 5.75 Å². The van der Waals surface area contributed by atoms with Crippen LogP contribution < -0.4 is 20.7 Å². The summed E-state index contributed by atoms with van der Waals surface area (Å²) in [5, 5.41) is 7.57. The number of amides is 3. The first-order valence-corrected chi connectivity index (χ1v) is 6.62. The van der Waals surface area contributed by atoms with Crippen LogP contribution in [0.15, 0.2) is 24.3 Å². The van der Waals surface area contributed by atoms with Crippen LogP contribution in [0.25, 0.3) is 0 Å². The van der Waals surface area contributed by atoms with Gasteiger partial charge >= 0.3 is 0 Å². The van der Waals surface area contributed by atoms with E-state index in [0.29, 0.717) is 18.0 Å². The van der Waals surface area contributed by atoms with Crippen molar-refractivity contribution in [3.8, 4) is 5.75 Å². The van der Waals surface area contributed by atoms with Gasteiger partial charge in [0, 0.05) is 6.54 Å². The Balaban J connectivity index is 2.09. The van der Waals surface area contributed by atoms with Gasteiger partial charge in [-0.2, -0.15) is 0 Å². The SMILES string of the molecule is CCNC(=O)CNC(=O)C1(C)Oc2ccccc2NC1=O. The third-order valence-electron chi connectivity index (χ3n) is 3.10. The van der Waals surface area contributed by atoms with Crippen LogP contribution in [0, 0.1) is 0 Å². The first-order chi connectivity index (χ1) is 9.97. The zero-order chi connectivity index (χ0) is 15.5. The summed E-state index contributed by atoms with van der Waals surface area (Å²) in [6.45, 7) is 3.40. The van der Waals surface area contributed by atoms with E-state index < -0.39 is 17.4 Å². The standard InChI is InChI=1S/C14H17N3O4/c1-3-15-11(18)8-16-12(19)14(2)13(20)17-9-6-4-5-7-10(9)21-14/h4-7H,3,8H2,1-2H3,(H,15,18)(H,16,19)(H,17,20). The molecule has 1 aliphatic heterocycles. The second-order valence-electron chi connectivity index (χ2n) is 4.72. The largest absolute Gasteiger partial charge is 0.466 e. The summed E-state index contributed by atoms with van der Waals surface area (Å²) in [5.74, 6) is -1.16. The van der Waals surface area contributed by atoms with Crippen molar-refractivity contribution in [2.45, 2.75) is 19.4 Å². The summed E-state index contributed by atoms with van der Waals surface area (Å²) in [4.78, 5) is 35.6. The maximum Gasteiger partial charge on any atom is 0.278 e. The predicted molar refractivity (Wildman–Crippen MR) is 75.8 cm³/mol. The van der Waals surface area contributed by atoms with E-state index in [2.05, 4.69) is 16.0 Å². The van der Waals surface area contributed by atoms with Crippen LogP contribution in [-0.4, -0.2) is 36.4 Å². The normalized spacial score (nSPS) is 19.8. The maximum atomic E-state index is 12.2. The zero-order valence-electron chi connectivity index (χ0n) is 11.9. The fourth-order valence-electron chi connectivity index (χ4n) is 1.91. The molecule has 0 aromatic heterocycles. The Kier molecular flexibility index (Phi) is 4.11. The van der Waals surface area contributed by atoms with Gasteiger partial charge in [0.05, 0.1) is 12.2 Å². The molecule has 3 amide bonds. The first-order valence-electron chi connectivity index (χ1n) is 6.62.